The number of ether oxygens (including phenoxy) is 1. The Morgan fingerprint density at radius 3 is 2.47 bits per heavy atom. The van der Waals surface area contributed by atoms with Crippen molar-refractivity contribution in [2.24, 2.45) is 0 Å². The smallest absolute Gasteiger partial charge is 0.262 e. The molecule has 3 aromatic rings. The van der Waals surface area contributed by atoms with Gasteiger partial charge >= 0.3 is 0 Å². The van der Waals surface area contributed by atoms with Crippen LogP contribution in [-0.4, -0.2) is 25.0 Å². The van der Waals surface area contributed by atoms with Crippen LogP contribution < -0.4 is 15.0 Å². The number of amides is 2. The summed E-state index contributed by atoms with van der Waals surface area (Å²) in [6, 6.07) is 22.1. The molecule has 0 spiro atoms. The standard InChI is InChI=1S/C24H23BrN2O3/c1-3-27(20-10-5-4-6-11-20)24(29)18-8-7-9-19(15-18)26-23(28)16-30-22-13-12-17(2)14-21(22)25/h4-15H,3,16H2,1-2H3,(H,26,28). The Morgan fingerprint density at radius 1 is 1.00 bits per heavy atom. The molecule has 0 aliphatic heterocycles. The molecule has 0 aliphatic rings. The molecule has 30 heavy (non-hydrogen) atoms. The summed E-state index contributed by atoms with van der Waals surface area (Å²) in [6.45, 7) is 4.31. The molecule has 0 bridgehead atoms. The predicted molar refractivity (Wildman–Crippen MR) is 123 cm³/mol. The van der Waals surface area contributed by atoms with Crippen LogP contribution in [-0.2, 0) is 4.79 Å². The number of carbonyl (C=O) groups is 2. The second-order valence-electron chi connectivity index (χ2n) is 6.74. The summed E-state index contributed by atoms with van der Waals surface area (Å²) in [5.74, 6) is 0.170. The molecule has 0 unspecified atom stereocenters. The third-order valence-corrected chi connectivity index (χ3v) is 5.09. The third-order valence-electron chi connectivity index (χ3n) is 4.47. The van der Waals surface area contributed by atoms with Crippen molar-refractivity contribution in [3.8, 4) is 5.75 Å². The monoisotopic (exact) mass is 466 g/mol. The zero-order valence-electron chi connectivity index (χ0n) is 16.9. The first kappa shape index (κ1) is 21.6. The van der Waals surface area contributed by atoms with Crippen molar-refractivity contribution in [2.45, 2.75) is 13.8 Å². The number of carbonyl (C=O) groups excluding carboxylic acids is 2. The van der Waals surface area contributed by atoms with Crippen molar-refractivity contribution in [1.29, 1.82) is 0 Å². The van der Waals surface area contributed by atoms with Gasteiger partial charge in [-0.05, 0) is 77.8 Å². The molecule has 0 radical (unpaired) electrons. The van der Waals surface area contributed by atoms with E-state index in [-0.39, 0.29) is 18.4 Å². The van der Waals surface area contributed by atoms with Gasteiger partial charge in [0.2, 0.25) is 0 Å². The van der Waals surface area contributed by atoms with E-state index >= 15 is 0 Å². The van der Waals surface area contributed by atoms with Gasteiger partial charge in [-0.1, -0.05) is 30.3 Å². The molecule has 6 heteroatoms. The average molecular weight is 467 g/mol. The summed E-state index contributed by atoms with van der Waals surface area (Å²) < 4.78 is 6.38. The van der Waals surface area contributed by atoms with Gasteiger partial charge in [0, 0.05) is 23.5 Å². The van der Waals surface area contributed by atoms with E-state index in [0.717, 1.165) is 15.7 Å². The molecule has 154 valence electrons. The second kappa shape index (κ2) is 10.1. The maximum Gasteiger partial charge on any atom is 0.262 e. The van der Waals surface area contributed by atoms with Crippen LogP contribution in [0.2, 0.25) is 0 Å². The van der Waals surface area contributed by atoms with Gasteiger partial charge in [0.05, 0.1) is 4.47 Å². The van der Waals surface area contributed by atoms with Gasteiger partial charge in [0.1, 0.15) is 5.75 Å². The van der Waals surface area contributed by atoms with E-state index in [2.05, 4.69) is 21.2 Å². The molecule has 0 heterocycles. The minimum Gasteiger partial charge on any atom is -0.483 e. The molecule has 0 saturated heterocycles. The highest BCUT2D eigenvalue weighted by Crippen LogP contribution is 2.25. The first-order chi connectivity index (χ1) is 14.5. The molecule has 2 amide bonds. The fourth-order valence-electron chi connectivity index (χ4n) is 3.00. The third kappa shape index (κ3) is 5.48. The van der Waals surface area contributed by atoms with E-state index < -0.39 is 0 Å². The van der Waals surface area contributed by atoms with Gasteiger partial charge in [-0.3, -0.25) is 9.59 Å². The Hall–Kier alpha value is -3.12. The summed E-state index contributed by atoms with van der Waals surface area (Å²) in [7, 11) is 0. The highest BCUT2D eigenvalue weighted by molar-refractivity contribution is 9.10. The van der Waals surface area contributed by atoms with Crippen LogP contribution in [0.4, 0.5) is 11.4 Å². The Morgan fingerprint density at radius 2 is 1.77 bits per heavy atom. The van der Waals surface area contributed by atoms with Crippen LogP contribution in [0.5, 0.6) is 5.75 Å². The number of halogens is 1. The second-order valence-corrected chi connectivity index (χ2v) is 7.59. The molecule has 0 aliphatic carbocycles. The minimum absolute atomic E-state index is 0.125. The van der Waals surface area contributed by atoms with Crippen LogP contribution >= 0.6 is 15.9 Å². The molecule has 5 nitrogen and oxygen atoms in total. The van der Waals surface area contributed by atoms with Gasteiger partial charge in [0.25, 0.3) is 11.8 Å². The summed E-state index contributed by atoms with van der Waals surface area (Å²) >= 11 is 3.43. The molecule has 0 atom stereocenters. The topological polar surface area (TPSA) is 58.6 Å². The summed E-state index contributed by atoms with van der Waals surface area (Å²) in [4.78, 5) is 27.0. The van der Waals surface area contributed by atoms with Crippen LogP contribution in [0, 0.1) is 6.92 Å². The van der Waals surface area contributed by atoms with Crippen LogP contribution in [0.1, 0.15) is 22.8 Å². The molecule has 0 saturated carbocycles. The summed E-state index contributed by atoms with van der Waals surface area (Å²) in [5, 5.41) is 2.79. The maximum absolute atomic E-state index is 13.0. The Bertz CT molecular complexity index is 1040. The number of para-hydroxylation sites is 1. The highest BCUT2D eigenvalue weighted by atomic mass is 79.9. The molecule has 3 rings (SSSR count). The minimum atomic E-state index is -0.303. The van der Waals surface area contributed by atoms with Crippen LogP contribution in [0.3, 0.4) is 0 Å². The van der Waals surface area contributed by atoms with Crippen molar-refractivity contribution in [3.05, 3.63) is 88.4 Å². The summed E-state index contributed by atoms with van der Waals surface area (Å²) in [5.41, 5.74) is 2.97. The highest BCUT2D eigenvalue weighted by Gasteiger charge is 2.16. The predicted octanol–water partition coefficient (Wildman–Crippen LogP) is 5.44. The van der Waals surface area contributed by atoms with E-state index in [9.17, 15) is 9.59 Å². The number of nitrogens with zero attached hydrogens (tertiary/aromatic N) is 1. The van der Waals surface area contributed by atoms with Crippen molar-refractivity contribution >= 4 is 39.1 Å². The Balaban J connectivity index is 1.66. The van der Waals surface area contributed by atoms with E-state index in [4.69, 9.17) is 4.74 Å². The number of hydrogen-bond acceptors (Lipinski definition) is 3. The number of hydrogen-bond donors (Lipinski definition) is 1. The lowest BCUT2D eigenvalue weighted by atomic mass is 10.1. The lowest BCUT2D eigenvalue weighted by Gasteiger charge is -2.21. The SMILES string of the molecule is CCN(C(=O)c1cccc(NC(=O)COc2ccc(C)cc2Br)c1)c1ccccc1. The molecule has 1 N–H and O–H groups in total. The Labute approximate surface area is 184 Å². The number of benzene rings is 3. The lowest BCUT2D eigenvalue weighted by Crippen LogP contribution is -2.30. The largest absolute Gasteiger partial charge is 0.483 e. The normalized spacial score (nSPS) is 10.4. The quantitative estimate of drug-likeness (QED) is 0.504. The fourth-order valence-corrected chi connectivity index (χ4v) is 3.61. The number of rotatable bonds is 7. The Kier molecular flexibility index (Phi) is 7.25. The first-order valence-corrected chi connectivity index (χ1v) is 10.4. The summed E-state index contributed by atoms with van der Waals surface area (Å²) in [6.07, 6.45) is 0. The molecular weight excluding hydrogens is 444 g/mol. The lowest BCUT2D eigenvalue weighted by molar-refractivity contribution is -0.118. The fraction of sp³-hybridized carbons (Fsp3) is 0.167. The van der Waals surface area contributed by atoms with Crippen LogP contribution in [0.25, 0.3) is 0 Å². The maximum atomic E-state index is 13.0. The van der Waals surface area contributed by atoms with Crippen molar-refractivity contribution < 1.29 is 14.3 Å². The molecule has 3 aromatic carbocycles. The van der Waals surface area contributed by atoms with Gasteiger partial charge in [-0.2, -0.15) is 0 Å². The van der Waals surface area contributed by atoms with Crippen molar-refractivity contribution in [3.63, 3.8) is 0 Å². The molecule has 0 fully saturated rings. The zero-order valence-corrected chi connectivity index (χ0v) is 18.5. The average Bonchev–Trinajstić information content (AvgIpc) is 2.74. The number of anilines is 2. The van der Waals surface area contributed by atoms with Gasteiger partial charge < -0.3 is 15.0 Å². The number of nitrogens with one attached hydrogen (secondary N) is 1. The van der Waals surface area contributed by atoms with Crippen LogP contribution in [0.15, 0.2) is 77.3 Å². The van der Waals surface area contributed by atoms with Gasteiger partial charge in [0.15, 0.2) is 6.61 Å². The van der Waals surface area contributed by atoms with E-state index in [1.54, 1.807) is 29.2 Å². The van der Waals surface area contributed by atoms with Gasteiger partial charge in [-0.25, -0.2) is 0 Å². The van der Waals surface area contributed by atoms with E-state index in [1.807, 2.05) is 62.4 Å². The molecular formula is C24H23BrN2O3. The van der Waals surface area contributed by atoms with Crippen molar-refractivity contribution in [1.82, 2.24) is 0 Å². The van der Waals surface area contributed by atoms with E-state index in [1.165, 1.54) is 0 Å². The van der Waals surface area contributed by atoms with E-state index in [0.29, 0.717) is 23.5 Å². The van der Waals surface area contributed by atoms with Crippen molar-refractivity contribution in [2.75, 3.05) is 23.4 Å². The number of aryl methyl sites for hydroxylation is 1. The molecule has 0 aromatic heterocycles. The van der Waals surface area contributed by atoms with Gasteiger partial charge in [-0.15, -0.1) is 0 Å². The zero-order chi connectivity index (χ0) is 21.5. The first-order valence-electron chi connectivity index (χ1n) is 9.63.